The highest BCUT2D eigenvalue weighted by Gasteiger charge is 2.29. The molecule has 0 spiro atoms. The first-order valence-corrected chi connectivity index (χ1v) is 6.75. The molecule has 0 saturated carbocycles. The van der Waals surface area contributed by atoms with Gasteiger partial charge in [0.05, 0.1) is 0 Å². The normalized spacial score (nSPS) is 18.8. The van der Waals surface area contributed by atoms with Gasteiger partial charge in [-0.25, -0.2) is 0 Å². The van der Waals surface area contributed by atoms with Crippen LogP contribution in [0.25, 0.3) is 0 Å². The Morgan fingerprint density at radius 1 is 1.53 bits per heavy atom. The Hall–Kier alpha value is -1.62. The Morgan fingerprint density at radius 3 is 3.00 bits per heavy atom. The van der Waals surface area contributed by atoms with E-state index in [1.54, 1.807) is 24.0 Å². The summed E-state index contributed by atoms with van der Waals surface area (Å²) in [6, 6.07) is 3.49. The van der Waals surface area contributed by atoms with E-state index in [2.05, 4.69) is 4.98 Å². The summed E-state index contributed by atoms with van der Waals surface area (Å²) in [6.45, 7) is 2.63. The van der Waals surface area contributed by atoms with Crippen LogP contribution in [0.3, 0.4) is 0 Å². The second kappa shape index (κ2) is 6.02. The Morgan fingerprint density at radius 2 is 2.32 bits per heavy atom. The van der Waals surface area contributed by atoms with E-state index in [0.717, 1.165) is 25.0 Å². The summed E-state index contributed by atoms with van der Waals surface area (Å²) in [7, 11) is 0. The molecule has 0 aliphatic carbocycles. The van der Waals surface area contributed by atoms with Gasteiger partial charge in [-0.3, -0.25) is 9.59 Å². The van der Waals surface area contributed by atoms with Crippen molar-refractivity contribution < 1.29 is 9.90 Å². The molecule has 5 heteroatoms. The number of hydrogen-bond acceptors (Lipinski definition) is 3. The molecule has 1 fully saturated rings. The molecule has 1 aliphatic rings. The largest absolute Gasteiger partial charge is 0.396 e. The maximum atomic E-state index is 12.4. The van der Waals surface area contributed by atoms with Crippen molar-refractivity contribution in [3.8, 4) is 0 Å². The molecular formula is C14H20N2O3. The molecule has 0 aromatic carbocycles. The minimum atomic E-state index is -0.321. The fourth-order valence-electron chi connectivity index (χ4n) is 2.63. The number of hydrogen-bond donors (Lipinski definition) is 2. The number of H-pyrrole nitrogens is 1. The van der Waals surface area contributed by atoms with E-state index in [-0.39, 0.29) is 29.7 Å². The molecule has 19 heavy (non-hydrogen) atoms. The Balaban J connectivity index is 2.16. The summed E-state index contributed by atoms with van der Waals surface area (Å²) in [5, 5.41) is 8.88. The van der Waals surface area contributed by atoms with Gasteiger partial charge in [0.1, 0.15) is 5.56 Å². The first-order valence-electron chi connectivity index (χ1n) is 6.75. The first kappa shape index (κ1) is 13.8. The quantitative estimate of drug-likeness (QED) is 0.854. The number of carbonyl (C=O) groups excluding carboxylic acids is 1. The van der Waals surface area contributed by atoms with Gasteiger partial charge in [-0.05, 0) is 44.7 Å². The summed E-state index contributed by atoms with van der Waals surface area (Å²) < 4.78 is 0. The van der Waals surface area contributed by atoms with E-state index in [1.807, 2.05) is 0 Å². The average molecular weight is 264 g/mol. The van der Waals surface area contributed by atoms with Crippen molar-refractivity contribution in [2.75, 3.05) is 13.2 Å². The minimum Gasteiger partial charge on any atom is -0.396 e. The van der Waals surface area contributed by atoms with Crippen molar-refractivity contribution in [3.05, 3.63) is 33.7 Å². The molecule has 0 radical (unpaired) electrons. The number of carbonyl (C=O) groups is 1. The molecule has 1 aromatic heterocycles. The van der Waals surface area contributed by atoms with Gasteiger partial charge in [-0.2, -0.15) is 0 Å². The zero-order valence-electron chi connectivity index (χ0n) is 11.2. The number of aromatic nitrogens is 1. The van der Waals surface area contributed by atoms with Gasteiger partial charge < -0.3 is 15.0 Å². The van der Waals surface area contributed by atoms with Crippen LogP contribution in [0, 0.1) is 6.92 Å². The van der Waals surface area contributed by atoms with Crippen LogP contribution in [0.2, 0.25) is 0 Å². The van der Waals surface area contributed by atoms with Gasteiger partial charge >= 0.3 is 0 Å². The Bertz CT molecular complexity index is 510. The molecular weight excluding hydrogens is 244 g/mol. The number of aromatic amines is 1. The fourth-order valence-corrected chi connectivity index (χ4v) is 2.63. The third-order valence-corrected chi connectivity index (χ3v) is 3.62. The molecule has 1 saturated heterocycles. The number of pyridine rings is 1. The van der Waals surface area contributed by atoms with Gasteiger partial charge in [0.2, 0.25) is 0 Å². The lowest BCUT2D eigenvalue weighted by molar-refractivity contribution is 0.0722. The molecule has 1 amide bonds. The predicted octanol–water partition coefficient (Wildman–Crippen LogP) is 1.06. The summed E-state index contributed by atoms with van der Waals surface area (Å²) >= 11 is 0. The van der Waals surface area contributed by atoms with Crippen LogP contribution in [-0.2, 0) is 0 Å². The average Bonchev–Trinajstić information content (AvgIpc) is 2.83. The first-order chi connectivity index (χ1) is 9.13. The van der Waals surface area contributed by atoms with Gasteiger partial charge in [0.25, 0.3) is 11.5 Å². The number of aryl methyl sites for hydroxylation is 1. The van der Waals surface area contributed by atoms with E-state index >= 15 is 0 Å². The van der Waals surface area contributed by atoms with Gasteiger partial charge in [0, 0.05) is 24.9 Å². The zero-order chi connectivity index (χ0) is 13.8. The SMILES string of the molecule is Cc1ccc(C(=O)N2CCCC2CCCO)c(=O)[nH]1. The summed E-state index contributed by atoms with van der Waals surface area (Å²) in [4.78, 5) is 28.6. The third kappa shape index (κ3) is 3.04. The monoisotopic (exact) mass is 264 g/mol. The lowest BCUT2D eigenvalue weighted by Gasteiger charge is -2.24. The summed E-state index contributed by atoms with van der Waals surface area (Å²) in [6.07, 6.45) is 3.41. The van der Waals surface area contributed by atoms with Crippen LogP contribution in [0.1, 0.15) is 41.7 Å². The van der Waals surface area contributed by atoms with E-state index in [0.29, 0.717) is 13.0 Å². The molecule has 5 nitrogen and oxygen atoms in total. The highest BCUT2D eigenvalue weighted by molar-refractivity contribution is 5.94. The van der Waals surface area contributed by atoms with Crippen molar-refractivity contribution in [2.24, 2.45) is 0 Å². The topological polar surface area (TPSA) is 73.4 Å². The van der Waals surface area contributed by atoms with Crippen LogP contribution in [0.15, 0.2) is 16.9 Å². The number of aliphatic hydroxyl groups is 1. The molecule has 104 valence electrons. The molecule has 1 atom stereocenters. The molecule has 1 aromatic rings. The smallest absolute Gasteiger partial charge is 0.260 e. The van der Waals surface area contributed by atoms with Gasteiger partial charge in [-0.1, -0.05) is 0 Å². The van der Waals surface area contributed by atoms with Crippen molar-refractivity contribution in [3.63, 3.8) is 0 Å². The van der Waals surface area contributed by atoms with Gasteiger partial charge in [-0.15, -0.1) is 0 Å². The lowest BCUT2D eigenvalue weighted by Crippen LogP contribution is -2.38. The van der Waals surface area contributed by atoms with Crippen LogP contribution in [-0.4, -0.2) is 40.1 Å². The number of aliphatic hydroxyl groups excluding tert-OH is 1. The Labute approximate surface area is 112 Å². The van der Waals surface area contributed by atoms with Crippen LogP contribution in [0.5, 0.6) is 0 Å². The van der Waals surface area contributed by atoms with Crippen LogP contribution in [0.4, 0.5) is 0 Å². The second-order valence-electron chi connectivity index (χ2n) is 5.04. The van der Waals surface area contributed by atoms with E-state index in [9.17, 15) is 9.59 Å². The highest BCUT2D eigenvalue weighted by Crippen LogP contribution is 2.22. The number of nitrogens with zero attached hydrogens (tertiary/aromatic N) is 1. The van der Waals surface area contributed by atoms with E-state index in [1.165, 1.54) is 0 Å². The van der Waals surface area contributed by atoms with E-state index < -0.39 is 0 Å². The Kier molecular flexibility index (Phi) is 4.37. The molecule has 2 rings (SSSR count). The lowest BCUT2D eigenvalue weighted by atomic mass is 10.1. The second-order valence-corrected chi connectivity index (χ2v) is 5.04. The van der Waals surface area contributed by atoms with Crippen molar-refractivity contribution in [1.29, 1.82) is 0 Å². The van der Waals surface area contributed by atoms with Crippen LogP contribution >= 0.6 is 0 Å². The third-order valence-electron chi connectivity index (χ3n) is 3.62. The number of amides is 1. The van der Waals surface area contributed by atoms with Crippen molar-refractivity contribution in [2.45, 2.75) is 38.6 Å². The number of nitrogens with one attached hydrogen (secondary N) is 1. The molecule has 1 aliphatic heterocycles. The number of rotatable bonds is 4. The summed E-state index contributed by atoms with van der Waals surface area (Å²) in [5.74, 6) is -0.193. The van der Waals surface area contributed by atoms with E-state index in [4.69, 9.17) is 5.11 Å². The zero-order valence-corrected chi connectivity index (χ0v) is 11.2. The molecule has 0 bridgehead atoms. The van der Waals surface area contributed by atoms with Gasteiger partial charge in [0.15, 0.2) is 0 Å². The maximum absolute atomic E-state index is 12.4. The minimum absolute atomic E-state index is 0.143. The predicted molar refractivity (Wildman–Crippen MR) is 72.2 cm³/mol. The highest BCUT2D eigenvalue weighted by atomic mass is 16.3. The maximum Gasteiger partial charge on any atom is 0.260 e. The molecule has 1 unspecified atom stereocenters. The van der Waals surface area contributed by atoms with Crippen molar-refractivity contribution >= 4 is 5.91 Å². The molecule has 2 N–H and O–H groups in total. The fraction of sp³-hybridized carbons (Fsp3) is 0.571. The van der Waals surface area contributed by atoms with Crippen LogP contribution < -0.4 is 5.56 Å². The standard InChI is InChI=1S/C14H20N2O3/c1-10-6-7-12(13(18)15-10)14(19)16-8-2-4-11(16)5-3-9-17/h6-7,11,17H,2-5,8-9H2,1H3,(H,15,18). The number of likely N-dealkylation sites (tertiary alicyclic amines) is 1. The molecule has 2 heterocycles. The summed E-state index contributed by atoms with van der Waals surface area (Å²) in [5.41, 5.74) is 0.638. The van der Waals surface area contributed by atoms with Crippen molar-refractivity contribution in [1.82, 2.24) is 9.88 Å².